The summed E-state index contributed by atoms with van der Waals surface area (Å²) in [6.45, 7) is -2.86. The van der Waals surface area contributed by atoms with Crippen molar-refractivity contribution in [2.24, 2.45) is 11.8 Å². The van der Waals surface area contributed by atoms with Gasteiger partial charge in [-0.2, -0.15) is 8.78 Å². The van der Waals surface area contributed by atoms with Crippen molar-refractivity contribution >= 4 is 11.9 Å². The van der Waals surface area contributed by atoms with E-state index in [1.54, 1.807) is 12.1 Å². The molecule has 0 radical (unpaired) electrons. The summed E-state index contributed by atoms with van der Waals surface area (Å²) >= 11 is 0. The molecule has 1 fully saturated rings. The van der Waals surface area contributed by atoms with E-state index in [1.165, 1.54) is 6.07 Å². The van der Waals surface area contributed by atoms with Gasteiger partial charge in [0.15, 0.2) is 0 Å². The van der Waals surface area contributed by atoms with Gasteiger partial charge < -0.3 is 15.2 Å². The smallest absolute Gasteiger partial charge is 0.387 e. The van der Waals surface area contributed by atoms with Gasteiger partial charge in [-0.3, -0.25) is 9.59 Å². The van der Waals surface area contributed by atoms with Crippen LogP contribution in [0.1, 0.15) is 55.7 Å². The Morgan fingerprint density at radius 3 is 2.65 bits per heavy atom. The minimum atomic E-state index is -2.86. The lowest BCUT2D eigenvalue weighted by Gasteiger charge is -2.31. The SMILES string of the molecule is O=C(O)C1CCCC(C(=O)NC2CCCc3cc(OC(F)F)ccc32)C1. The third-order valence-corrected chi connectivity index (χ3v) is 5.36. The summed E-state index contributed by atoms with van der Waals surface area (Å²) in [6, 6.07) is 4.67. The molecule has 0 saturated heterocycles. The van der Waals surface area contributed by atoms with Crippen LogP contribution >= 0.6 is 0 Å². The van der Waals surface area contributed by atoms with E-state index in [9.17, 15) is 23.5 Å². The average Bonchev–Trinajstić information content (AvgIpc) is 2.61. The Morgan fingerprint density at radius 2 is 1.92 bits per heavy atom. The van der Waals surface area contributed by atoms with Crippen molar-refractivity contribution in [1.29, 1.82) is 0 Å². The third kappa shape index (κ3) is 4.31. The number of fused-ring (bicyclic) bond motifs is 1. The molecule has 1 aromatic rings. The zero-order chi connectivity index (χ0) is 18.7. The number of carbonyl (C=O) groups excluding carboxylic acids is 1. The number of hydrogen-bond donors (Lipinski definition) is 2. The summed E-state index contributed by atoms with van der Waals surface area (Å²) < 4.78 is 29.2. The van der Waals surface area contributed by atoms with Gasteiger partial charge >= 0.3 is 12.6 Å². The zero-order valence-corrected chi connectivity index (χ0v) is 14.4. The van der Waals surface area contributed by atoms with Crippen molar-refractivity contribution in [3.63, 3.8) is 0 Å². The summed E-state index contributed by atoms with van der Waals surface area (Å²) in [7, 11) is 0. The maximum atomic E-state index is 12.6. The molecule has 0 aromatic heterocycles. The quantitative estimate of drug-likeness (QED) is 0.833. The van der Waals surface area contributed by atoms with E-state index in [0.717, 1.165) is 36.8 Å². The number of aryl methyl sites for hydroxylation is 1. The third-order valence-electron chi connectivity index (χ3n) is 5.36. The maximum absolute atomic E-state index is 12.6. The molecule has 0 bridgehead atoms. The molecule has 2 aliphatic rings. The molecule has 1 aromatic carbocycles. The van der Waals surface area contributed by atoms with Crippen LogP contribution in [-0.2, 0) is 16.0 Å². The summed E-state index contributed by atoms with van der Waals surface area (Å²) in [5, 5.41) is 12.2. The summed E-state index contributed by atoms with van der Waals surface area (Å²) in [5.74, 6) is -1.55. The second kappa shape index (κ2) is 8.01. The number of aliphatic carboxylic acids is 1. The molecule has 0 spiro atoms. The predicted octanol–water partition coefficient (Wildman–Crippen LogP) is 3.67. The van der Waals surface area contributed by atoms with Crippen LogP contribution < -0.4 is 10.1 Å². The van der Waals surface area contributed by atoms with E-state index in [0.29, 0.717) is 19.3 Å². The molecular weight excluding hydrogens is 344 g/mol. The topological polar surface area (TPSA) is 75.6 Å². The highest BCUT2D eigenvalue weighted by Gasteiger charge is 2.32. The van der Waals surface area contributed by atoms with Gasteiger partial charge in [0, 0.05) is 5.92 Å². The highest BCUT2D eigenvalue weighted by Crippen LogP contribution is 2.34. The highest BCUT2D eigenvalue weighted by molar-refractivity contribution is 5.80. The first kappa shape index (κ1) is 18.6. The lowest BCUT2D eigenvalue weighted by molar-refractivity contribution is -0.144. The second-order valence-corrected chi connectivity index (χ2v) is 7.09. The zero-order valence-electron chi connectivity index (χ0n) is 14.4. The summed E-state index contributed by atoms with van der Waals surface area (Å²) in [6.07, 6.45) is 4.83. The molecule has 0 aliphatic heterocycles. The molecule has 142 valence electrons. The molecular formula is C19H23F2NO4. The number of amides is 1. The number of carboxylic acid groups (broad SMARTS) is 1. The highest BCUT2D eigenvalue weighted by atomic mass is 19.3. The molecule has 7 heteroatoms. The van der Waals surface area contributed by atoms with Gasteiger partial charge in [0.05, 0.1) is 12.0 Å². The molecule has 0 heterocycles. The minimum absolute atomic E-state index is 0.110. The van der Waals surface area contributed by atoms with Crippen molar-refractivity contribution in [2.75, 3.05) is 0 Å². The van der Waals surface area contributed by atoms with E-state index in [-0.39, 0.29) is 23.6 Å². The van der Waals surface area contributed by atoms with Gasteiger partial charge in [0.25, 0.3) is 0 Å². The molecule has 3 atom stereocenters. The Bertz CT molecular complexity index is 680. The molecule has 3 unspecified atom stereocenters. The Hall–Kier alpha value is -2.18. The van der Waals surface area contributed by atoms with Gasteiger partial charge in [-0.05, 0) is 61.8 Å². The molecule has 2 N–H and O–H groups in total. The first-order chi connectivity index (χ1) is 12.4. The maximum Gasteiger partial charge on any atom is 0.387 e. The monoisotopic (exact) mass is 367 g/mol. The summed E-state index contributed by atoms with van der Waals surface area (Å²) in [5.41, 5.74) is 1.84. The first-order valence-electron chi connectivity index (χ1n) is 9.05. The van der Waals surface area contributed by atoms with Gasteiger partial charge in [0.2, 0.25) is 5.91 Å². The number of benzene rings is 1. The fraction of sp³-hybridized carbons (Fsp3) is 0.579. The molecule has 2 aliphatic carbocycles. The van der Waals surface area contributed by atoms with Crippen LogP contribution in [-0.4, -0.2) is 23.6 Å². The van der Waals surface area contributed by atoms with Crippen LogP contribution in [0.4, 0.5) is 8.78 Å². The summed E-state index contributed by atoms with van der Waals surface area (Å²) in [4.78, 5) is 23.8. The number of ether oxygens (including phenoxy) is 1. The van der Waals surface area contributed by atoms with E-state index < -0.39 is 18.5 Å². The molecule has 3 rings (SSSR count). The second-order valence-electron chi connectivity index (χ2n) is 7.09. The van der Waals surface area contributed by atoms with Crippen molar-refractivity contribution in [2.45, 2.75) is 57.6 Å². The van der Waals surface area contributed by atoms with Crippen LogP contribution in [0.3, 0.4) is 0 Å². The molecule has 1 amide bonds. The number of alkyl halides is 2. The van der Waals surface area contributed by atoms with Crippen LogP contribution in [0.25, 0.3) is 0 Å². The van der Waals surface area contributed by atoms with Crippen LogP contribution in [0.15, 0.2) is 18.2 Å². The van der Waals surface area contributed by atoms with Crippen molar-refractivity contribution in [3.05, 3.63) is 29.3 Å². The van der Waals surface area contributed by atoms with Crippen molar-refractivity contribution in [3.8, 4) is 5.75 Å². The normalized spacial score (nSPS) is 25.4. The predicted molar refractivity (Wildman–Crippen MR) is 90.0 cm³/mol. The van der Waals surface area contributed by atoms with E-state index >= 15 is 0 Å². The fourth-order valence-corrected chi connectivity index (χ4v) is 4.06. The van der Waals surface area contributed by atoms with Gasteiger partial charge in [-0.15, -0.1) is 0 Å². The van der Waals surface area contributed by atoms with E-state index in [1.807, 2.05) is 0 Å². The lowest BCUT2D eigenvalue weighted by Crippen LogP contribution is -2.38. The van der Waals surface area contributed by atoms with Gasteiger partial charge in [0.1, 0.15) is 5.75 Å². The molecule has 1 saturated carbocycles. The van der Waals surface area contributed by atoms with Gasteiger partial charge in [-0.1, -0.05) is 12.5 Å². The van der Waals surface area contributed by atoms with Crippen LogP contribution in [0.2, 0.25) is 0 Å². The number of halogens is 2. The Morgan fingerprint density at radius 1 is 1.15 bits per heavy atom. The Labute approximate surface area is 150 Å². The van der Waals surface area contributed by atoms with E-state index in [4.69, 9.17) is 0 Å². The van der Waals surface area contributed by atoms with Crippen LogP contribution in [0.5, 0.6) is 5.75 Å². The number of carboxylic acids is 1. The molecule has 26 heavy (non-hydrogen) atoms. The van der Waals surface area contributed by atoms with Crippen molar-refractivity contribution < 1.29 is 28.2 Å². The minimum Gasteiger partial charge on any atom is -0.481 e. The Balaban J connectivity index is 1.67. The average molecular weight is 367 g/mol. The largest absolute Gasteiger partial charge is 0.481 e. The number of nitrogens with one attached hydrogen (secondary N) is 1. The number of rotatable bonds is 5. The van der Waals surface area contributed by atoms with Crippen molar-refractivity contribution in [1.82, 2.24) is 5.32 Å². The van der Waals surface area contributed by atoms with Gasteiger partial charge in [-0.25, -0.2) is 0 Å². The number of hydrogen-bond acceptors (Lipinski definition) is 3. The number of carbonyl (C=O) groups is 2. The Kier molecular flexibility index (Phi) is 5.74. The molecule has 5 nitrogen and oxygen atoms in total. The fourth-order valence-electron chi connectivity index (χ4n) is 4.06. The van der Waals surface area contributed by atoms with Crippen LogP contribution in [0, 0.1) is 11.8 Å². The lowest BCUT2D eigenvalue weighted by atomic mass is 9.80. The first-order valence-corrected chi connectivity index (χ1v) is 9.05. The standard InChI is InChI=1S/C19H23F2NO4/c20-19(21)26-14-7-8-15-11(10-14)3-2-6-16(15)22-17(23)12-4-1-5-13(9-12)18(24)25/h7-8,10,12-13,16,19H,1-6,9H2,(H,22,23)(H,24,25). The van der Waals surface area contributed by atoms with E-state index in [2.05, 4.69) is 10.1 Å².